The van der Waals surface area contributed by atoms with Crippen LogP contribution in [0.1, 0.15) is 20.3 Å². The molecule has 0 aliphatic heterocycles. The van der Waals surface area contributed by atoms with Gasteiger partial charge in [0.2, 0.25) is 11.8 Å². The number of rotatable bonds is 8. The standard InChI is InChI=1S/C16H25N3O4/c1-5-10(2)15(17)16(21)18-9-14(20)19-11-6-12(22-3)8-13(7-11)23-4/h6-8,10,15H,5,9,17H2,1-4H3,(H,18,21)(H,19,20). The minimum Gasteiger partial charge on any atom is -0.497 e. The van der Waals surface area contributed by atoms with Gasteiger partial charge < -0.3 is 25.8 Å². The van der Waals surface area contributed by atoms with Gasteiger partial charge in [-0.25, -0.2) is 0 Å². The first-order valence-electron chi connectivity index (χ1n) is 7.47. The minimum absolute atomic E-state index is 0.0562. The van der Waals surface area contributed by atoms with E-state index in [4.69, 9.17) is 15.2 Å². The number of carbonyl (C=O) groups is 2. The molecule has 0 aliphatic rings. The molecule has 7 nitrogen and oxygen atoms in total. The van der Waals surface area contributed by atoms with Crippen LogP contribution < -0.4 is 25.8 Å². The van der Waals surface area contributed by atoms with E-state index in [-0.39, 0.29) is 24.3 Å². The summed E-state index contributed by atoms with van der Waals surface area (Å²) >= 11 is 0. The molecule has 0 saturated heterocycles. The van der Waals surface area contributed by atoms with Crippen molar-refractivity contribution in [3.63, 3.8) is 0 Å². The van der Waals surface area contributed by atoms with E-state index in [2.05, 4.69) is 10.6 Å². The van der Waals surface area contributed by atoms with Crippen LogP contribution in [-0.2, 0) is 9.59 Å². The van der Waals surface area contributed by atoms with Gasteiger partial charge in [-0.05, 0) is 5.92 Å². The van der Waals surface area contributed by atoms with Crippen molar-refractivity contribution in [2.24, 2.45) is 11.7 Å². The molecule has 1 rings (SSSR count). The maximum absolute atomic E-state index is 11.9. The fourth-order valence-electron chi connectivity index (χ4n) is 1.88. The van der Waals surface area contributed by atoms with Crippen molar-refractivity contribution in [1.82, 2.24) is 5.32 Å². The molecule has 2 unspecified atom stereocenters. The summed E-state index contributed by atoms with van der Waals surface area (Å²) in [5, 5.41) is 5.21. The molecule has 2 amide bonds. The van der Waals surface area contributed by atoms with Gasteiger partial charge in [-0.2, -0.15) is 0 Å². The summed E-state index contributed by atoms with van der Waals surface area (Å²) in [6.07, 6.45) is 0.796. The lowest BCUT2D eigenvalue weighted by atomic mass is 9.99. The highest BCUT2D eigenvalue weighted by Gasteiger charge is 2.19. The molecule has 0 aromatic heterocycles. The van der Waals surface area contributed by atoms with Crippen molar-refractivity contribution in [1.29, 1.82) is 0 Å². The molecule has 1 aromatic carbocycles. The Morgan fingerprint density at radius 1 is 1.17 bits per heavy atom. The van der Waals surface area contributed by atoms with Crippen LogP contribution >= 0.6 is 0 Å². The van der Waals surface area contributed by atoms with Crippen LogP contribution in [0.25, 0.3) is 0 Å². The number of methoxy groups -OCH3 is 2. The zero-order valence-electron chi connectivity index (χ0n) is 14.0. The van der Waals surface area contributed by atoms with Gasteiger partial charge in [0.25, 0.3) is 0 Å². The van der Waals surface area contributed by atoms with Crippen molar-refractivity contribution in [3.8, 4) is 11.5 Å². The molecule has 0 fully saturated rings. The molecule has 7 heteroatoms. The highest BCUT2D eigenvalue weighted by Crippen LogP contribution is 2.25. The number of anilines is 1. The lowest BCUT2D eigenvalue weighted by Crippen LogP contribution is -2.46. The predicted octanol–water partition coefficient (Wildman–Crippen LogP) is 1.13. The van der Waals surface area contributed by atoms with Crippen molar-refractivity contribution in [2.75, 3.05) is 26.1 Å². The average Bonchev–Trinajstić information content (AvgIpc) is 2.57. The van der Waals surface area contributed by atoms with Gasteiger partial charge in [-0.1, -0.05) is 20.3 Å². The van der Waals surface area contributed by atoms with Crippen LogP contribution in [0.2, 0.25) is 0 Å². The largest absolute Gasteiger partial charge is 0.497 e. The Hall–Kier alpha value is -2.28. The third-order valence-electron chi connectivity index (χ3n) is 3.62. The molecule has 128 valence electrons. The summed E-state index contributed by atoms with van der Waals surface area (Å²) in [4.78, 5) is 23.8. The number of carbonyl (C=O) groups excluding carboxylic acids is 2. The third-order valence-corrected chi connectivity index (χ3v) is 3.62. The van der Waals surface area contributed by atoms with Crippen LogP contribution in [0.5, 0.6) is 11.5 Å². The van der Waals surface area contributed by atoms with E-state index in [9.17, 15) is 9.59 Å². The molecule has 0 bridgehead atoms. The van der Waals surface area contributed by atoms with E-state index in [1.54, 1.807) is 18.2 Å². The zero-order valence-corrected chi connectivity index (χ0v) is 14.0. The van der Waals surface area contributed by atoms with Gasteiger partial charge in [0.1, 0.15) is 11.5 Å². The lowest BCUT2D eigenvalue weighted by molar-refractivity contribution is -0.125. The molecule has 2 atom stereocenters. The monoisotopic (exact) mass is 323 g/mol. The Morgan fingerprint density at radius 3 is 2.22 bits per heavy atom. The highest BCUT2D eigenvalue weighted by molar-refractivity contribution is 5.95. The maximum atomic E-state index is 11.9. The van der Waals surface area contributed by atoms with Gasteiger partial charge >= 0.3 is 0 Å². The fourth-order valence-corrected chi connectivity index (χ4v) is 1.88. The van der Waals surface area contributed by atoms with E-state index in [0.717, 1.165) is 6.42 Å². The van der Waals surface area contributed by atoms with Crippen LogP contribution in [-0.4, -0.2) is 38.6 Å². The molecule has 0 radical (unpaired) electrons. The number of hydrogen-bond acceptors (Lipinski definition) is 5. The number of nitrogens with two attached hydrogens (primary N) is 1. The van der Waals surface area contributed by atoms with E-state index in [0.29, 0.717) is 17.2 Å². The number of nitrogens with one attached hydrogen (secondary N) is 2. The maximum Gasteiger partial charge on any atom is 0.243 e. The second-order valence-corrected chi connectivity index (χ2v) is 5.28. The SMILES string of the molecule is CCC(C)C(N)C(=O)NCC(=O)Nc1cc(OC)cc(OC)c1. The first kappa shape index (κ1) is 18.8. The first-order chi connectivity index (χ1) is 10.9. The second kappa shape index (κ2) is 8.99. The zero-order chi connectivity index (χ0) is 17.4. The second-order valence-electron chi connectivity index (χ2n) is 5.28. The van der Waals surface area contributed by atoms with Crippen LogP contribution in [0.4, 0.5) is 5.69 Å². The Bertz CT molecular complexity index is 526. The topological polar surface area (TPSA) is 103 Å². The summed E-state index contributed by atoms with van der Waals surface area (Å²) in [6.45, 7) is 3.70. The van der Waals surface area contributed by atoms with Gasteiger partial charge in [-0.15, -0.1) is 0 Å². The summed E-state index contributed by atoms with van der Waals surface area (Å²) < 4.78 is 10.3. The highest BCUT2D eigenvalue weighted by atomic mass is 16.5. The molecule has 23 heavy (non-hydrogen) atoms. The van der Waals surface area contributed by atoms with Crippen LogP contribution in [0.15, 0.2) is 18.2 Å². The van der Waals surface area contributed by atoms with Gasteiger partial charge in [0.05, 0.1) is 26.8 Å². The predicted molar refractivity (Wildman–Crippen MR) is 88.6 cm³/mol. The number of hydrogen-bond donors (Lipinski definition) is 3. The van der Waals surface area contributed by atoms with Crippen molar-refractivity contribution in [3.05, 3.63) is 18.2 Å². The van der Waals surface area contributed by atoms with E-state index >= 15 is 0 Å². The van der Waals surface area contributed by atoms with E-state index in [1.807, 2.05) is 13.8 Å². The average molecular weight is 323 g/mol. The Morgan fingerprint density at radius 2 is 1.74 bits per heavy atom. The van der Waals surface area contributed by atoms with Gasteiger partial charge in [0, 0.05) is 23.9 Å². The molecule has 4 N–H and O–H groups in total. The summed E-state index contributed by atoms with van der Waals surface area (Å²) in [7, 11) is 3.05. The van der Waals surface area contributed by atoms with Crippen molar-refractivity contribution in [2.45, 2.75) is 26.3 Å². The molecular weight excluding hydrogens is 298 g/mol. The Kier molecular flexibility index (Phi) is 7.34. The normalized spacial score (nSPS) is 12.9. The summed E-state index contributed by atoms with van der Waals surface area (Å²) in [5.41, 5.74) is 6.33. The third kappa shape index (κ3) is 5.78. The van der Waals surface area contributed by atoms with Crippen molar-refractivity contribution < 1.29 is 19.1 Å². The number of ether oxygens (including phenoxy) is 2. The molecule has 0 heterocycles. The van der Waals surface area contributed by atoms with E-state index < -0.39 is 6.04 Å². The Balaban J connectivity index is 2.58. The summed E-state index contributed by atoms with van der Waals surface area (Å²) in [6, 6.07) is 4.40. The van der Waals surface area contributed by atoms with Crippen molar-refractivity contribution >= 4 is 17.5 Å². The van der Waals surface area contributed by atoms with Crippen LogP contribution in [0, 0.1) is 5.92 Å². The van der Waals surface area contributed by atoms with E-state index in [1.165, 1.54) is 14.2 Å². The lowest BCUT2D eigenvalue weighted by Gasteiger charge is -2.17. The molecule has 0 spiro atoms. The van der Waals surface area contributed by atoms with Crippen LogP contribution in [0.3, 0.4) is 0 Å². The summed E-state index contributed by atoms with van der Waals surface area (Å²) in [5.74, 6) is 0.480. The first-order valence-corrected chi connectivity index (χ1v) is 7.47. The molecule has 0 saturated carbocycles. The van der Waals surface area contributed by atoms with Gasteiger partial charge in [-0.3, -0.25) is 9.59 Å². The fraction of sp³-hybridized carbons (Fsp3) is 0.500. The Labute approximate surface area is 136 Å². The smallest absolute Gasteiger partial charge is 0.243 e. The number of benzene rings is 1. The number of amides is 2. The molecule has 0 aliphatic carbocycles. The quantitative estimate of drug-likeness (QED) is 0.665. The van der Waals surface area contributed by atoms with Gasteiger partial charge in [0.15, 0.2) is 0 Å². The molecule has 1 aromatic rings. The molecular formula is C16H25N3O4. The minimum atomic E-state index is -0.621.